The van der Waals surface area contributed by atoms with Crippen molar-refractivity contribution >= 4 is 5.82 Å². The van der Waals surface area contributed by atoms with Crippen molar-refractivity contribution in [3.8, 4) is 11.4 Å². The molecule has 1 aliphatic heterocycles. The maximum atomic E-state index is 13.2. The summed E-state index contributed by atoms with van der Waals surface area (Å²) in [7, 11) is 0. The number of rotatable bonds is 1. The molecule has 0 saturated heterocycles. The molecule has 7 heteroatoms. The second-order valence-electron chi connectivity index (χ2n) is 4.53. The molecular weight excluding hydrogens is 271 g/mol. The van der Waals surface area contributed by atoms with Gasteiger partial charge in [-0.25, -0.2) is 18.2 Å². The second-order valence-corrected chi connectivity index (χ2v) is 4.53. The Morgan fingerprint density at radius 2 is 1.85 bits per heavy atom. The number of aromatic amines is 1. The zero-order valence-electron chi connectivity index (χ0n) is 10.3. The topological polar surface area (TPSA) is 57.8 Å². The van der Waals surface area contributed by atoms with E-state index in [1.807, 2.05) is 0 Å². The molecule has 104 valence electrons. The Morgan fingerprint density at radius 3 is 2.55 bits per heavy atom. The van der Waals surface area contributed by atoms with Crippen LogP contribution in [-0.4, -0.2) is 16.5 Å². The average Bonchev–Trinajstić information content (AvgIpc) is 2.44. The van der Waals surface area contributed by atoms with E-state index in [0.717, 1.165) is 18.6 Å². The summed E-state index contributed by atoms with van der Waals surface area (Å²) in [4.78, 5) is 18.5. The molecule has 20 heavy (non-hydrogen) atoms. The van der Waals surface area contributed by atoms with Crippen molar-refractivity contribution in [2.24, 2.45) is 0 Å². The van der Waals surface area contributed by atoms with E-state index in [2.05, 4.69) is 15.3 Å². The highest BCUT2D eigenvalue weighted by atomic mass is 19.2. The molecule has 2 heterocycles. The van der Waals surface area contributed by atoms with E-state index in [4.69, 9.17) is 0 Å². The van der Waals surface area contributed by atoms with Crippen LogP contribution in [0.3, 0.4) is 0 Å². The minimum atomic E-state index is -1.55. The molecule has 0 aliphatic carbocycles. The molecule has 1 aromatic heterocycles. The van der Waals surface area contributed by atoms with Gasteiger partial charge in [0.25, 0.3) is 5.56 Å². The van der Waals surface area contributed by atoms with Crippen LogP contribution in [-0.2, 0) is 6.42 Å². The van der Waals surface area contributed by atoms with Crippen LogP contribution in [0.25, 0.3) is 11.4 Å². The Kier molecular flexibility index (Phi) is 2.96. The molecule has 0 radical (unpaired) electrons. The fourth-order valence-electron chi connectivity index (χ4n) is 2.18. The van der Waals surface area contributed by atoms with E-state index in [0.29, 0.717) is 24.3 Å². The van der Waals surface area contributed by atoms with Crippen molar-refractivity contribution in [2.75, 3.05) is 11.9 Å². The van der Waals surface area contributed by atoms with E-state index < -0.39 is 17.5 Å². The number of H-pyrrole nitrogens is 1. The van der Waals surface area contributed by atoms with Crippen LogP contribution in [0.15, 0.2) is 16.9 Å². The average molecular weight is 281 g/mol. The fraction of sp³-hybridized carbons (Fsp3) is 0.231. The first kappa shape index (κ1) is 12.7. The Hall–Kier alpha value is -2.31. The van der Waals surface area contributed by atoms with Crippen LogP contribution in [0.5, 0.6) is 0 Å². The lowest BCUT2D eigenvalue weighted by molar-refractivity contribution is 0.447. The van der Waals surface area contributed by atoms with Crippen LogP contribution < -0.4 is 10.9 Å². The molecule has 2 aromatic rings. The molecule has 1 aliphatic rings. The first-order valence-electron chi connectivity index (χ1n) is 6.08. The van der Waals surface area contributed by atoms with Gasteiger partial charge in [-0.2, -0.15) is 0 Å². The predicted octanol–water partition coefficient (Wildman–Crippen LogP) is 2.21. The van der Waals surface area contributed by atoms with E-state index in [9.17, 15) is 18.0 Å². The Balaban J connectivity index is 2.16. The number of benzene rings is 1. The molecular formula is C13H10F3N3O. The third kappa shape index (κ3) is 2.04. The molecule has 0 unspecified atom stereocenters. The largest absolute Gasteiger partial charge is 0.370 e. The van der Waals surface area contributed by atoms with E-state index in [-0.39, 0.29) is 16.9 Å². The zero-order chi connectivity index (χ0) is 14.3. The van der Waals surface area contributed by atoms with Gasteiger partial charge in [-0.05, 0) is 25.0 Å². The number of hydrogen-bond acceptors (Lipinski definition) is 3. The van der Waals surface area contributed by atoms with Crippen LogP contribution in [0.2, 0.25) is 0 Å². The standard InChI is InChI=1S/C13H10F3N3O/c14-8-4-6(5-9(15)10(8)16)11-18-12-7(13(20)19-11)2-1-3-17-12/h4-5H,1-3H2,(H2,17,18,19,20). The summed E-state index contributed by atoms with van der Waals surface area (Å²) in [5.74, 6) is -3.80. The quantitative estimate of drug-likeness (QED) is 0.788. The van der Waals surface area contributed by atoms with Crippen molar-refractivity contribution in [2.45, 2.75) is 12.8 Å². The molecule has 2 N–H and O–H groups in total. The van der Waals surface area contributed by atoms with Gasteiger partial charge in [-0.1, -0.05) is 0 Å². The third-order valence-electron chi connectivity index (χ3n) is 3.17. The Labute approximate surface area is 111 Å². The molecule has 0 bridgehead atoms. The summed E-state index contributed by atoms with van der Waals surface area (Å²) >= 11 is 0. The number of anilines is 1. The first-order chi connectivity index (χ1) is 9.56. The summed E-state index contributed by atoms with van der Waals surface area (Å²) < 4.78 is 39.4. The van der Waals surface area contributed by atoms with Gasteiger partial charge in [-0.15, -0.1) is 0 Å². The third-order valence-corrected chi connectivity index (χ3v) is 3.17. The highest BCUT2D eigenvalue weighted by Gasteiger charge is 2.18. The van der Waals surface area contributed by atoms with Gasteiger partial charge in [0.2, 0.25) is 0 Å². The summed E-state index contributed by atoms with van der Waals surface area (Å²) in [6, 6.07) is 1.60. The fourth-order valence-corrected chi connectivity index (χ4v) is 2.18. The van der Waals surface area contributed by atoms with Crippen LogP contribution >= 0.6 is 0 Å². The highest BCUT2D eigenvalue weighted by molar-refractivity contribution is 5.59. The van der Waals surface area contributed by atoms with Crippen molar-refractivity contribution in [3.05, 3.63) is 45.5 Å². The first-order valence-corrected chi connectivity index (χ1v) is 6.08. The van der Waals surface area contributed by atoms with Gasteiger partial charge in [0.1, 0.15) is 11.6 Å². The highest BCUT2D eigenvalue weighted by Crippen LogP contribution is 2.23. The van der Waals surface area contributed by atoms with Crippen LogP contribution in [0.4, 0.5) is 19.0 Å². The van der Waals surface area contributed by atoms with Crippen LogP contribution in [0, 0.1) is 17.5 Å². The number of halogens is 3. The Bertz CT molecular complexity index is 719. The van der Waals surface area contributed by atoms with Gasteiger partial charge in [0.05, 0.1) is 5.56 Å². The van der Waals surface area contributed by atoms with Crippen molar-refractivity contribution in [1.82, 2.24) is 9.97 Å². The SMILES string of the molecule is O=c1[nH]c(-c2cc(F)c(F)c(F)c2)nc2c1CCCN2. The number of hydrogen-bond donors (Lipinski definition) is 2. The van der Waals surface area contributed by atoms with Gasteiger partial charge in [0.15, 0.2) is 17.5 Å². The van der Waals surface area contributed by atoms with Crippen molar-refractivity contribution < 1.29 is 13.2 Å². The number of nitrogens with zero attached hydrogens (tertiary/aromatic N) is 1. The molecule has 4 nitrogen and oxygen atoms in total. The lowest BCUT2D eigenvalue weighted by atomic mass is 10.1. The summed E-state index contributed by atoms with van der Waals surface area (Å²) in [6.45, 7) is 0.676. The molecule has 3 rings (SSSR count). The minimum absolute atomic E-state index is 0.000880. The lowest BCUT2D eigenvalue weighted by Crippen LogP contribution is -2.24. The number of aromatic nitrogens is 2. The second kappa shape index (κ2) is 4.66. The monoisotopic (exact) mass is 281 g/mol. The summed E-state index contributed by atoms with van der Waals surface area (Å²) in [5, 5.41) is 2.96. The van der Waals surface area contributed by atoms with Gasteiger partial charge < -0.3 is 10.3 Å². The molecule has 0 fully saturated rings. The molecule has 0 amide bonds. The van der Waals surface area contributed by atoms with Crippen molar-refractivity contribution in [3.63, 3.8) is 0 Å². The maximum Gasteiger partial charge on any atom is 0.256 e. The molecule has 0 saturated carbocycles. The molecule has 0 atom stereocenters. The maximum absolute atomic E-state index is 13.2. The van der Waals surface area contributed by atoms with Gasteiger partial charge in [-0.3, -0.25) is 4.79 Å². The van der Waals surface area contributed by atoms with E-state index in [1.54, 1.807) is 0 Å². The summed E-state index contributed by atoms with van der Waals surface area (Å²) in [6.07, 6.45) is 1.41. The van der Waals surface area contributed by atoms with Crippen molar-refractivity contribution in [1.29, 1.82) is 0 Å². The normalized spacial score (nSPS) is 13.8. The van der Waals surface area contributed by atoms with Gasteiger partial charge >= 0.3 is 0 Å². The minimum Gasteiger partial charge on any atom is -0.370 e. The van der Waals surface area contributed by atoms with E-state index >= 15 is 0 Å². The molecule has 1 aromatic carbocycles. The van der Waals surface area contributed by atoms with Crippen LogP contribution in [0.1, 0.15) is 12.0 Å². The lowest BCUT2D eigenvalue weighted by Gasteiger charge is -2.16. The smallest absolute Gasteiger partial charge is 0.256 e. The predicted molar refractivity (Wildman–Crippen MR) is 67.0 cm³/mol. The number of nitrogens with one attached hydrogen (secondary N) is 2. The summed E-state index contributed by atoms with van der Waals surface area (Å²) in [5.41, 5.74) is 0.138. The Morgan fingerprint density at radius 1 is 1.15 bits per heavy atom. The van der Waals surface area contributed by atoms with Gasteiger partial charge in [0, 0.05) is 12.1 Å². The molecule has 0 spiro atoms. The van der Waals surface area contributed by atoms with E-state index in [1.165, 1.54) is 0 Å². The number of fused-ring (bicyclic) bond motifs is 1. The zero-order valence-corrected chi connectivity index (χ0v) is 10.3.